The largest absolute Gasteiger partial charge is 0.406 e. The molecule has 3 unspecified atom stereocenters. The van der Waals surface area contributed by atoms with E-state index in [0.717, 1.165) is 28.5 Å². The van der Waals surface area contributed by atoms with Crippen LogP contribution < -0.4 is 10.6 Å². The number of hydrogen-bond donors (Lipinski definition) is 2. The summed E-state index contributed by atoms with van der Waals surface area (Å²) in [5.41, 5.74) is 3.50. The van der Waals surface area contributed by atoms with Crippen LogP contribution in [-0.4, -0.2) is 129 Å². The molecule has 4 aliphatic heterocycles. The molecule has 364 valence electrons. The molecular weight excluding hydrogens is 919 g/mol. The number of pyridine rings is 3. The number of amides is 2. The summed E-state index contributed by atoms with van der Waals surface area (Å²) in [7, 11) is 3.31. The molecule has 4 aliphatic rings. The molecule has 7 aromatic heterocycles. The van der Waals surface area contributed by atoms with E-state index >= 15 is 0 Å². The number of nitrogens with zero attached hydrogens (tertiary/aromatic N) is 12. The minimum absolute atomic E-state index is 0.00390. The van der Waals surface area contributed by atoms with Crippen LogP contribution in [0.5, 0.6) is 0 Å². The van der Waals surface area contributed by atoms with Crippen molar-refractivity contribution in [1.29, 1.82) is 0 Å². The van der Waals surface area contributed by atoms with Gasteiger partial charge in [0.25, 0.3) is 11.8 Å². The zero-order valence-electron chi connectivity index (χ0n) is 38.2. The number of aromatic nitrogens is 9. The minimum atomic E-state index is -4.59. The van der Waals surface area contributed by atoms with Crippen molar-refractivity contribution in [3.8, 4) is 23.0 Å². The van der Waals surface area contributed by atoms with E-state index in [4.69, 9.17) is 9.97 Å². The zero-order chi connectivity index (χ0) is 49.0. The molecule has 0 bridgehead atoms. The van der Waals surface area contributed by atoms with E-state index < -0.39 is 25.4 Å². The Labute approximate surface area is 396 Å². The van der Waals surface area contributed by atoms with Gasteiger partial charge in [-0.05, 0) is 87.2 Å². The summed E-state index contributed by atoms with van der Waals surface area (Å²) in [6.45, 7) is 7.50. The fourth-order valence-corrected chi connectivity index (χ4v) is 11.2. The van der Waals surface area contributed by atoms with Gasteiger partial charge in [-0.1, -0.05) is 12.7 Å². The van der Waals surface area contributed by atoms with Gasteiger partial charge < -0.3 is 38.7 Å². The molecule has 7 aromatic rings. The molecule has 0 aromatic carbocycles. The second-order valence-corrected chi connectivity index (χ2v) is 18.9. The van der Waals surface area contributed by atoms with Gasteiger partial charge in [-0.3, -0.25) is 9.59 Å². The van der Waals surface area contributed by atoms with Crippen molar-refractivity contribution in [3.05, 3.63) is 77.8 Å². The zero-order valence-corrected chi connectivity index (χ0v) is 38.2. The predicted molar refractivity (Wildman–Crippen MR) is 249 cm³/mol. The number of nitrogens with one attached hydrogen (secondary N) is 2. The van der Waals surface area contributed by atoms with Crippen LogP contribution in [0.4, 0.5) is 32.2 Å². The molecule has 22 heteroatoms. The molecule has 0 spiro atoms. The van der Waals surface area contributed by atoms with Crippen molar-refractivity contribution in [2.45, 2.75) is 69.3 Å². The summed E-state index contributed by atoms with van der Waals surface area (Å²) in [5, 5.41) is 7.59. The van der Waals surface area contributed by atoms with Crippen molar-refractivity contribution in [1.82, 2.24) is 63.6 Å². The van der Waals surface area contributed by atoms with Gasteiger partial charge in [-0.25, -0.2) is 29.9 Å². The smallest absolute Gasteiger partial charge is 0.337 e. The number of piperidine rings is 2. The highest BCUT2D eigenvalue weighted by Crippen LogP contribution is 2.40. The first-order chi connectivity index (χ1) is 33.4. The van der Waals surface area contributed by atoms with Gasteiger partial charge in [-0.2, -0.15) is 26.3 Å². The average Bonchev–Trinajstić information content (AvgIpc) is 4.20. The van der Waals surface area contributed by atoms with E-state index in [9.17, 15) is 35.9 Å². The number of hydrogen-bond acceptors (Lipinski definition) is 10. The topological polar surface area (TPSA) is 161 Å². The van der Waals surface area contributed by atoms with Crippen molar-refractivity contribution >= 4 is 63.8 Å². The Morgan fingerprint density at radius 1 is 0.757 bits per heavy atom. The Kier molecular flexibility index (Phi) is 11.0. The van der Waals surface area contributed by atoms with Gasteiger partial charge in [0.1, 0.15) is 35.6 Å². The lowest BCUT2D eigenvalue weighted by atomic mass is 9.90. The van der Waals surface area contributed by atoms with Crippen LogP contribution in [0.3, 0.4) is 0 Å². The lowest BCUT2D eigenvalue weighted by molar-refractivity contribution is -0.140. The van der Waals surface area contributed by atoms with Crippen molar-refractivity contribution in [2.24, 2.45) is 30.9 Å². The van der Waals surface area contributed by atoms with E-state index in [1.165, 1.54) is 24.5 Å². The highest BCUT2D eigenvalue weighted by Gasteiger charge is 2.41. The number of imidazole rings is 2. The second-order valence-electron chi connectivity index (χ2n) is 18.9. The maximum absolute atomic E-state index is 14.4. The molecule has 16 nitrogen and oxygen atoms in total. The summed E-state index contributed by atoms with van der Waals surface area (Å²) < 4.78 is 89.7. The Morgan fingerprint density at radius 2 is 1.34 bits per heavy atom. The third kappa shape index (κ3) is 7.99. The SMILES string of the molecule is C=Cc1cc(-c2nc3cc(C(=O)N4CC[C@H]5CC(c6ccc7cc(-c8nc9cc(C(=O)N%10CCC%11CCNC%11C%10)cnc9n8C)n(CC(F)(F)F)c7n6)N[C@H]5C4)cnc3n2C)n(CC(F)(F)F)c1N=C. The first-order valence-electron chi connectivity index (χ1n) is 23.1. The summed E-state index contributed by atoms with van der Waals surface area (Å²) in [6, 6.07) is 9.78. The first kappa shape index (κ1) is 45.5. The predicted octanol–water partition coefficient (Wildman–Crippen LogP) is 7.22. The Hall–Kier alpha value is -6.94. The van der Waals surface area contributed by atoms with Crippen LogP contribution in [0.15, 0.2) is 60.4 Å². The van der Waals surface area contributed by atoms with Gasteiger partial charge >= 0.3 is 12.4 Å². The van der Waals surface area contributed by atoms with Crippen LogP contribution >= 0.6 is 0 Å². The average molecular weight is 967 g/mol. The number of aryl methyl sites for hydroxylation is 2. The number of rotatable bonds is 9. The van der Waals surface area contributed by atoms with E-state index in [1.54, 1.807) is 52.4 Å². The first-order valence-corrected chi connectivity index (χ1v) is 23.1. The molecule has 5 atom stereocenters. The Balaban J connectivity index is 0.826. The molecule has 0 radical (unpaired) electrons. The standard InChI is InChI=1S/C48H48F6N14O2/c1-5-25-17-37(67(39(25)55-2)23-47(49,50)51)43-61-33-16-30(20-58-41(33)63(43)3)46(70)66-13-10-27-14-32(59-36(27)22-66)31-7-6-28-18-38(68(40(28)60-31)24-48(52,53)54)44-62-34-15-29(19-57-42(34)64(44)4)45(69)65-12-9-26-8-11-56-35(26)21-65/h5-7,15-20,26-27,32,35-36,56,59H,1-2,8-14,21-24H2,3-4H3/t26?,27-,32?,35?,36-/m0/s1. The molecule has 2 amide bonds. The van der Waals surface area contributed by atoms with Crippen LogP contribution in [0, 0.1) is 11.8 Å². The van der Waals surface area contributed by atoms with Crippen LogP contribution in [0.1, 0.15) is 63.7 Å². The fraction of sp³-hybridized carbons (Fsp3) is 0.417. The molecule has 11 rings (SSSR count). The lowest BCUT2D eigenvalue weighted by Gasteiger charge is -2.34. The number of aliphatic imine (C=N–C) groups is 1. The molecular formula is C48H48F6N14O2. The summed E-state index contributed by atoms with van der Waals surface area (Å²) in [6.07, 6.45) is -1.49. The normalized spacial score (nSPS) is 21.8. The van der Waals surface area contributed by atoms with Gasteiger partial charge in [0, 0.05) is 75.7 Å². The van der Waals surface area contributed by atoms with E-state index in [1.807, 2.05) is 11.0 Å². The van der Waals surface area contributed by atoms with E-state index in [2.05, 4.69) is 43.9 Å². The molecule has 0 saturated carbocycles. The van der Waals surface area contributed by atoms with Crippen LogP contribution in [0.25, 0.3) is 62.5 Å². The molecule has 4 fully saturated rings. The van der Waals surface area contributed by atoms with Crippen LogP contribution in [-0.2, 0) is 27.2 Å². The molecule has 2 N–H and O–H groups in total. The van der Waals surface area contributed by atoms with E-state index in [-0.39, 0.29) is 75.9 Å². The van der Waals surface area contributed by atoms with Crippen molar-refractivity contribution < 1.29 is 35.9 Å². The maximum atomic E-state index is 14.4. The minimum Gasteiger partial charge on any atom is -0.337 e. The van der Waals surface area contributed by atoms with E-state index in [0.29, 0.717) is 89.5 Å². The summed E-state index contributed by atoms with van der Waals surface area (Å²) >= 11 is 0. The van der Waals surface area contributed by atoms with Crippen molar-refractivity contribution in [2.75, 3.05) is 32.7 Å². The highest BCUT2D eigenvalue weighted by atomic mass is 19.4. The molecule has 4 saturated heterocycles. The summed E-state index contributed by atoms with van der Waals surface area (Å²) in [4.78, 5) is 58.4. The number of alkyl halides is 6. The third-order valence-electron chi connectivity index (χ3n) is 14.6. The third-order valence-corrected chi connectivity index (χ3v) is 14.6. The molecule has 11 heterocycles. The Bertz CT molecular complexity index is 3270. The Morgan fingerprint density at radius 3 is 1.94 bits per heavy atom. The number of likely N-dealkylation sites (tertiary alicyclic amines) is 2. The highest BCUT2D eigenvalue weighted by molar-refractivity contribution is 5.98. The van der Waals surface area contributed by atoms with Crippen LogP contribution in [0.2, 0.25) is 0 Å². The van der Waals surface area contributed by atoms with Gasteiger partial charge in [-0.15, -0.1) is 0 Å². The summed E-state index contributed by atoms with van der Waals surface area (Å²) in [5.74, 6) is 0.691. The second kappa shape index (κ2) is 16.9. The molecule has 0 aliphatic carbocycles. The lowest BCUT2D eigenvalue weighted by Crippen LogP contribution is -2.48. The van der Waals surface area contributed by atoms with Gasteiger partial charge in [0.05, 0.1) is 34.3 Å². The number of fused-ring (bicyclic) bond motifs is 5. The number of carbonyl (C=O) groups excluding carboxylic acids is 2. The number of carbonyl (C=O) groups is 2. The van der Waals surface area contributed by atoms with Gasteiger partial charge in [0.15, 0.2) is 22.9 Å². The quantitative estimate of drug-likeness (QED) is 0.112. The maximum Gasteiger partial charge on any atom is 0.406 e. The monoisotopic (exact) mass is 966 g/mol. The fourth-order valence-electron chi connectivity index (χ4n) is 11.2. The van der Waals surface area contributed by atoms with Gasteiger partial charge in [0.2, 0.25) is 0 Å². The number of halogens is 6. The van der Waals surface area contributed by atoms with Crippen molar-refractivity contribution in [3.63, 3.8) is 0 Å². The molecule has 70 heavy (non-hydrogen) atoms.